The SMILES string of the molecule is CC(C)c1nc2ccc(C(N)C(=O)O)cc2n1C. The zero-order valence-electron chi connectivity index (χ0n) is 10.7. The van der Waals surface area contributed by atoms with Gasteiger partial charge in [0.15, 0.2) is 0 Å². The fraction of sp³-hybridized carbons (Fsp3) is 0.385. The highest BCUT2D eigenvalue weighted by atomic mass is 16.4. The molecule has 2 rings (SSSR count). The molecule has 1 aromatic heterocycles. The Labute approximate surface area is 105 Å². The molecule has 0 aliphatic carbocycles. The lowest BCUT2D eigenvalue weighted by molar-refractivity contribution is -0.138. The Morgan fingerprint density at radius 2 is 2.11 bits per heavy atom. The van der Waals surface area contributed by atoms with Crippen LogP contribution in [-0.4, -0.2) is 20.6 Å². The van der Waals surface area contributed by atoms with E-state index < -0.39 is 12.0 Å². The first-order chi connectivity index (χ1) is 8.41. The minimum absolute atomic E-state index is 0.319. The van der Waals surface area contributed by atoms with Gasteiger partial charge in [-0.15, -0.1) is 0 Å². The molecule has 5 nitrogen and oxygen atoms in total. The number of carbonyl (C=O) groups is 1. The van der Waals surface area contributed by atoms with Gasteiger partial charge in [-0.2, -0.15) is 0 Å². The Morgan fingerprint density at radius 3 is 2.67 bits per heavy atom. The fourth-order valence-electron chi connectivity index (χ4n) is 2.08. The number of hydrogen-bond donors (Lipinski definition) is 2. The van der Waals surface area contributed by atoms with E-state index in [0.29, 0.717) is 11.5 Å². The zero-order valence-corrected chi connectivity index (χ0v) is 10.7. The Morgan fingerprint density at radius 1 is 1.44 bits per heavy atom. The van der Waals surface area contributed by atoms with Gasteiger partial charge in [0, 0.05) is 13.0 Å². The third-order valence-corrected chi connectivity index (χ3v) is 3.08. The first kappa shape index (κ1) is 12.6. The molecule has 0 fully saturated rings. The topological polar surface area (TPSA) is 81.1 Å². The van der Waals surface area contributed by atoms with Crippen LogP contribution >= 0.6 is 0 Å². The van der Waals surface area contributed by atoms with E-state index in [0.717, 1.165) is 16.9 Å². The molecule has 2 aromatic rings. The highest BCUT2D eigenvalue weighted by Crippen LogP contribution is 2.23. The average Bonchev–Trinajstić information content (AvgIpc) is 2.65. The molecule has 0 amide bonds. The summed E-state index contributed by atoms with van der Waals surface area (Å²) in [6, 6.07) is 4.34. The van der Waals surface area contributed by atoms with Crippen LogP contribution in [0.5, 0.6) is 0 Å². The van der Waals surface area contributed by atoms with E-state index in [4.69, 9.17) is 10.8 Å². The summed E-state index contributed by atoms with van der Waals surface area (Å²) in [7, 11) is 1.93. The molecule has 1 unspecified atom stereocenters. The van der Waals surface area contributed by atoms with Gasteiger partial charge in [0.05, 0.1) is 11.0 Å². The van der Waals surface area contributed by atoms with Crippen LogP contribution in [0, 0.1) is 0 Å². The average molecular weight is 247 g/mol. The second-order valence-electron chi connectivity index (χ2n) is 4.75. The quantitative estimate of drug-likeness (QED) is 0.866. The van der Waals surface area contributed by atoms with Crippen LogP contribution in [0.25, 0.3) is 11.0 Å². The fourth-order valence-corrected chi connectivity index (χ4v) is 2.08. The largest absolute Gasteiger partial charge is 0.480 e. The molecule has 0 aliphatic rings. The second kappa shape index (κ2) is 4.42. The third kappa shape index (κ3) is 1.97. The van der Waals surface area contributed by atoms with Crippen molar-refractivity contribution in [1.82, 2.24) is 9.55 Å². The minimum atomic E-state index is -1.03. The molecule has 0 saturated carbocycles. The number of aromatic nitrogens is 2. The van der Waals surface area contributed by atoms with E-state index in [1.54, 1.807) is 12.1 Å². The van der Waals surface area contributed by atoms with Gasteiger partial charge in [-0.3, -0.25) is 4.79 Å². The van der Waals surface area contributed by atoms with Gasteiger partial charge in [0.1, 0.15) is 11.9 Å². The molecule has 0 saturated heterocycles. The molecular formula is C13H17N3O2. The Bertz CT molecular complexity index is 602. The number of fused-ring (bicyclic) bond motifs is 1. The summed E-state index contributed by atoms with van der Waals surface area (Å²) in [5.41, 5.74) is 7.98. The van der Waals surface area contributed by atoms with Gasteiger partial charge in [-0.1, -0.05) is 19.9 Å². The number of nitrogens with two attached hydrogens (primary N) is 1. The van der Waals surface area contributed by atoms with Crippen LogP contribution < -0.4 is 5.73 Å². The van der Waals surface area contributed by atoms with E-state index in [2.05, 4.69) is 18.8 Å². The lowest BCUT2D eigenvalue weighted by Crippen LogP contribution is -2.20. The number of imidazole rings is 1. The van der Waals surface area contributed by atoms with Crippen LogP contribution in [0.4, 0.5) is 0 Å². The lowest BCUT2D eigenvalue weighted by Gasteiger charge is -2.08. The van der Waals surface area contributed by atoms with E-state index in [9.17, 15) is 4.79 Å². The van der Waals surface area contributed by atoms with Gasteiger partial charge < -0.3 is 15.4 Å². The number of nitrogens with zero attached hydrogens (tertiary/aromatic N) is 2. The first-order valence-electron chi connectivity index (χ1n) is 5.86. The standard InChI is InChI=1S/C13H17N3O2/c1-7(2)12-15-9-5-4-8(11(14)13(17)18)6-10(9)16(12)3/h4-7,11H,14H2,1-3H3,(H,17,18). The minimum Gasteiger partial charge on any atom is -0.480 e. The molecule has 1 heterocycles. The molecule has 18 heavy (non-hydrogen) atoms. The zero-order chi connectivity index (χ0) is 13.4. The van der Waals surface area contributed by atoms with Crippen molar-refractivity contribution in [2.75, 3.05) is 0 Å². The van der Waals surface area contributed by atoms with Crippen molar-refractivity contribution in [2.24, 2.45) is 12.8 Å². The van der Waals surface area contributed by atoms with Gasteiger partial charge in [0.25, 0.3) is 0 Å². The number of aryl methyl sites for hydroxylation is 1. The van der Waals surface area contributed by atoms with Crippen molar-refractivity contribution in [3.63, 3.8) is 0 Å². The van der Waals surface area contributed by atoms with Crippen molar-refractivity contribution in [3.05, 3.63) is 29.6 Å². The number of aliphatic carboxylic acids is 1. The molecule has 1 aromatic carbocycles. The van der Waals surface area contributed by atoms with Crippen LogP contribution in [0.3, 0.4) is 0 Å². The van der Waals surface area contributed by atoms with Gasteiger partial charge in [0.2, 0.25) is 0 Å². The third-order valence-electron chi connectivity index (χ3n) is 3.08. The summed E-state index contributed by atoms with van der Waals surface area (Å²) in [5.74, 6) is 0.269. The molecule has 0 radical (unpaired) electrons. The van der Waals surface area contributed by atoms with Crippen molar-refractivity contribution in [1.29, 1.82) is 0 Å². The molecule has 5 heteroatoms. The lowest BCUT2D eigenvalue weighted by atomic mass is 10.1. The predicted octanol–water partition coefficient (Wildman–Crippen LogP) is 1.78. The van der Waals surface area contributed by atoms with E-state index in [1.165, 1.54) is 0 Å². The molecular weight excluding hydrogens is 230 g/mol. The van der Waals surface area contributed by atoms with Crippen LogP contribution in [0.2, 0.25) is 0 Å². The number of rotatable bonds is 3. The number of carboxylic acid groups (broad SMARTS) is 1. The summed E-state index contributed by atoms with van der Waals surface area (Å²) < 4.78 is 1.98. The van der Waals surface area contributed by atoms with Crippen molar-refractivity contribution < 1.29 is 9.90 Å². The molecule has 3 N–H and O–H groups in total. The summed E-state index contributed by atoms with van der Waals surface area (Å²) in [6.45, 7) is 4.15. The summed E-state index contributed by atoms with van der Waals surface area (Å²) >= 11 is 0. The van der Waals surface area contributed by atoms with Gasteiger partial charge in [-0.05, 0) is 17.7 Å². The van der Waals surface area contributed by atoms with Crippen molar-refractivity contribution in [2.45, 2.75) is 25.8 Å². The maximum atomic E-state index is 10.9. The second-order valence-corrected chi connectivity index (χ2v) is 4.75. The van der Waals surface area contributed by atoms with E-state index >= 15 is 0 Å². The first-order valence-corrected chi connectivity index (χ1v) is 5.86. The van der Waals surface area contributed by atoms with E-state index in [1.807, 2.05) is 17.7 Å². The molecule has 0 aliphatic heterocycles. The molecule has 1 atom stereocenters. The molecule has 0 bridgehead atoms. The summed E-state index contributed by atoms with van der Waals surface area (Å²) in [6.07, 6.45) is 0. The smallest absolute Gasteiger partial charge is 0.325 e. The highest BCUT2D eigenvalue weighted by molar-refractivity contribution is 5.81. The summed E-state index contributed by atoms with van der Waals surface area (Å²) in [4.78, 5) is 15.4. The normalized spacial score (nSPS) is 13.2. The van der Waals surface area contributed by atoms with Crippen LogP contribution in [-0.2, 0) is 11.8 Å². The Balaban J connectivity index is 2.58. The van der Waals surface area contributed by atoms with Crippen LogP contribution in [0.15, 0.2) is 18.2 Å². The van der Waals surface area contributed by atoms with Gasteiger partial charge >= 0.3 is 5.97 Å². The predicted molar refractivity (Wildman–Crippen MR) is 69.4 cm³/mol. The van der Waals surface area contributed by atoms with Crippen molar-refractivity contribution >= 4 is 17.0 Å². The maximum Gasteiger partial charge on any atom is 0.325 e. The Kier molecular flexibility index (Phi) is 3.09. The Hall–Kier alpha value is -1.88. The molecule has 96 valence electrons. The number of carboxylic acids is 1. The van der Waals surface area contributed by atoms with E-state index in [-0.39, 0.29) is 0 Å². The summed E-state index contributed by atoms with van der Waals surface area (Å²) in [5, 5.41) is 8.92. The van der Waals surface area contributed by atoms with Crippen LogP contribution in [0.1, 0.15) is 37.2 Å². The van der Waals surface area contributed by atoms with Gasteiger partial charge in [-0.25, -0.2) is 4.98 Å². The van der Waals surface area contributed by atoms with Crippen molar-refractivity contribution in [3.8, 4) is 0 Å². The number of benzene rings is 1. The highest BCUT2D eigenvalue weighted by Gasteiger charge is 2.17. The molecule has 0 spiro atoms. The maximum absolute atomic E-state index is 10.9. The number of hydrogen-bond acceptors (Lipinski definition) is 3. The monoisotopic (exact) mass is 247 g/mol.